The van der Waals surface area contributed by atoms with Gasteiger partial charge in [-0.1, -0.05) is 84.7 Å². The molecule has 0 aromatic heterocycles. The molecule has 1 aliphatic carbocycles. The minimum absolute atomic E-state index is 0.0199. The molecule has 0 radical (unpaired) electrons. The summed E-state index contributed by atoms with van der Waals surface area (Å²) < 4.78 is 0. The van der Waals surface area contributed by atoms with Gasteiger partial charge in [-0.25, -0.2) is 0 Å². The van der Waals surface area contributed by atoms with Crippen LogP contribution in [0.3, 0.4) is 0 Å². The molecule has 126 valence electrons. The van der Waals surface area contributed by atoms with E-state index in [0.29, 0.717) is 5.78 Å². The van der Waals surface area contributed by atoms with Crippen molar-refractivity contribution in [1.29, 1.82) is 0 Å². The molecule has 1 aromatic rings. The fourth-order valence-electron chi connectivity index (χ4n) is 4.05. The molecule has 2 atom stereocenters. The molecule has 2 rings (SSSR count). The molecule has 0 heterocycles. The van der Waals surface area contributed by atoms with Crippen molar-refractivity contribution in [3.63, 3.8) is 0 Å². The smallest absolute Gasteiger partial charge is 0.137 e. The van der Waals surface area contributed by atoms with E-state index in [0.717, 1.165) is 0 Å². The fraction of sp³-hybridized carbons (Fsp3) is 0.667. The molecule has 1 aliphatic rings. The van der Waals surface area contributed by atoms with E-state index >= 15 is 0 Å². The van der Waals surface area contributed by atoms with Crippen molar-refractivity contribution in [3.8, 4) is 0 Å². The summed E-state index contributed by atoms with van der Waals surface area (Å²) >= 11 is 0. The maximum absolute atomic E-state index is 12.1. The van der Waals surface area contributed by atoms with Crippen LogP contribution >= 0.6 is 0 Å². The van der Waals surface area contributed by atoms with E-state index in [4.69, 9.17) is 0 Å². The minimum atomic E-state index is -0.250. The second kappa shape index (κ2) is 6.98. The molecule has 0 spiro atoms. The van der Waals surface area contributed by atoms with E-state index in [1.807, 2.05) is 27.7 Å². The highest BCUT2D eigenvalue weighted by molar-refractivity contribution is 5.90. The lowest BCUT2D eigenvalue weighted by atomic mass is 9.85. The first-order valence-corrected chi connectivity index (χ1v) is 8.69. The van der Waals surface area contributed by atoms with Crippen molar-refractivity contribution in [2.45, 2.75) is 81.6 Å². The first-order chi connectivity index (χ1) is 10.1. The highest BCUT2D eigenvalue weighted by Crippen LogP contribution is 2.78. The number of hydrogen-bond acceptors (Lipinski definition) is 1. The van der Waals surface area contributed by atoms with Gasteiger partial charge in [-0.3, -0.25) is 4.79 Å². The van der Waals surface area contributed by atoms with E-state index in [2.05, 4.69) is 59.7 Å². The molecule has 0 saturated heterocycles. The molecule has 0 bridgehead atoms. The van der Waals surface area contributed by atoms with Crippen LogP contribution in [0.2, 0.25) is 0 Å². The van der Waals surface area contributed by atoms with Crippen LogP contribution in [-0.4, -0.2) is 5.78 Å². The van der Waals surface area contributed by atoms with Crippen molar-refractivity contribution in [2.75, 3.05) is 0 Å². The van der Waals surface area contributed by atoms with Crippen LogP contribution in [-0.2, 0) is 10.2 Å². The normalized spacial score (nSPS) is 27.8. The van der Waals surface area contributed by atoms with E-state index in [9.17, 15) is 4.79 Å². The van der Waals surface area contributed by atoms with Gasteiger partial charge in [0.1, 0.15) is 5.78 Å². The summed E-state index contributed by atoms with van der Waals surface area (Å²) in [7, 11) is 0. The maximum atomic E-state index is 12.1. The van der Waals surface area contributed by atoms with Crippen LogP contribution in [0.5, 0.6) is 0 Å². The largest absolute Gasteiger partial charge is 0.299 e. The number of benzene rings is 1. The second-order valence-corrected chi connectivity index (χ2v) is 6.81. The zero-order chi connectivity index (χ0) is 17.9. The molecule has 1 heteroatoms. The quantitative estimate of drug-likeness (QED) is 0.631. The average Bonchev–Trinajstić information content (AvgIpc) is 2.84. The molecule has 22 heavy (non-hydrogen) atoms. The lowest BCUT2D eigenvalue weighted by Gasteiger charge is -2.18. The lowest BCUT2D eigenvalue weighted by molar-refractivity contribution is -0.122. The molecule has 0 unspecified atom stereocenters. The Kier molecular flexibility index (Phi) is 6.63. The molecule has 1 aromatic carbocycles. The number of carbonyl (C=O) groups excluding carboxylic acids is 1. The summed E-state index contributed by atoms with van der Waals surface area (Å²) in [5, 5.41) is 0. The molecule has 1 fully saturated rings. The maximum Gasteiger partial charge on any atom is 0.137 e. The van der Waals surface area contributed by atoms with Crippen molar-refractivity contribution in [1.82, 2.24) is 0 Å². The number of Topliss-reactive ketones (excluding diaryl/α,β-unsaturated/α-hetero) is 1. The SMILES string of the molecule is CC.CC.CC(=O)[C@]1(C)C(C)(C)[C@@]1(C)c1cc(C)cc(C)c1. The Balaban J connectivity index is 0.00000102. The van der Waals surface area contributed by atoms with Crippen LogP contribution in [0, 0.1) is 24.7 Å². The van der Waals surface area contributed by atoms with Gasteiger partial charge in [0.05, 0.1) is 0 Å². The zero-order valence-electron chi connectivity index (χ0n) is 16.6. The number of carbonyl (C=O) groups is 1. The third-order valence-corrected chi connectivity index (χ3v) is 5.94. The van der Waals surface area contributed by atoms with Gasteiger partial charge >= 0.3 is 0 Å². The molecular formula is C21H36O. The van der Waals surface area contributed by atoms with Crippen LogP contribution < -0.4 is 0 Å². The van der Waals surface area contributed by atoms with Crippen molar-refractivity contribution < 1.29 is 4.79 Å². The number of hydrogen-bond donors (Lipinski definition) is 0. The van der Waals surface area contributed by atoms with E-state index in [1.165, 1.54) is 16.7 Å². The standard InChI is InChI=1S/C17H24O.2C2H6/c1-11-8-12(2)10-14(9-11)17(7)15(4,5)16(17,6)13(3)18;2*1-2/h8-10H,1-7H3;2*1-2H3/t16-,17-;;/m1../s1. The zero-order valence-corrected chi connectivity index (χ0v) is 16.6. The Morgan fingerprint density at radius 3 is 1.45 bits per heavy atom. The van der Waals surface area contributed by atoms with Gasteiger partial charge in [-0.05, 0) is 31.7 Å². The first-order valence-electron chi connectivity index (χ1n) is 8.69. The molecule has 0 N–H and O–H groups in total. The highest BCUT2D eigenvalue weighted by atomic mass is 16.1. The van der Waals surface area contributed by atoms with Gasteiger partial charge in [0.25, 0.3) is 0 Å². The predicted octanol–water partition coefficient (Wildman–Crippen LogP) is 6.25. The molecule has 0 amide bonds. The van der Waals surface area contributed by atoms with Gasteiger partial charge in [0, 0.05) is 10.8 Å². The van der Waals surface area contributed by atoms with Crippen LogP contribution in [0.1, 0.15) is 79.0 Å². The van der Waals surface area contributed by atoms with E-state index < -0.39 is 0 Å². The Bertz CT molecular complexity index is 506. The summed E-state index contributed by atoms with van der Waals surface area (Å²) in [6.45, 7) is 22.8. The van der Waals surface area contributed by atoms with E-state index in [-0.39, 0.29) is 16.2 Å². The van der Waals surface area contributed by atoms with Crippen molar-refractivity contribution in [3.05, 3.63) is 34.9 Å². The van der Waals surface area contributed by atoms with Crippen LogP contribution in [0.15, 0.2) is 18.2 Å². The number of aryl methyl sites for hydroxylation is 2. The summed E-state index contributed by atoms with van der Waals surface area (Å²) in [6, 6.07) is 6.67. The lowest BCUT2D eigenvalue weighted by Crippen LogP contribution is -2.19. The Morgan fingerprint density at radius 1 is 0.818 bits per heavy atom. The second-order valence-electron chi connectivity index (χ2n) is 6.81. The van der Waals surface area contributed by atoms with Gasteiger partial charge in [0.15, 0.2) is 0 Å². The Labute approximate surface area is 138 Å². The van der Waals surface area contributed by atoms with Gasteiger partial charge in [-0.2, -0.15) is 0 Å². The molecule has 0 aliphatic heterocycles. The molecular weight excluding hydrogens is 268 g/mol. The number of ketones is 1. The summed E-state index contributed by atoms with van der Waals surface area (Å²) in [6.07, 6.45) is 0. The minimum Gasteiger partial charge on any atom is -0.299 e. The molecule has 1 nitrogen and oxygen atoms in total. The van der Waals surface area contributed by atoms with Crippen LogP contribution in [0.4, 0.5) is 0 Å². The topological polar surface area (TPSA) is 17.1 Å². The van der Waals surface area contributed by atoms with Gasteiger partial charge in [0.2, 0.25) is 0 Å². The third kappa shape index (κ3) is 2.64. The summed E-state index contributed by atoms with van der Waals surface area (Å²) in [4.78, 5) is 12.1. The van der Waals surface area contributed by atoms with Crippen molar-refractivity contribution >= 4 is 5.78 Å². The van der Waals surface area contributed by atoms with Crippen LogP contribution in [0.25, 0.3) is 0 Å². The van der Waals surface area contributed by atoms with Gasteiger partial charge < -0.3 is 0 Å². The fourth-order valence-corrected chi connectivity index (χ4v) is 4.05. The third-order valence-electron chi connectivity index (χ3n) is 5.94. The first kappa shape index (κ1) is 20.9. The highest BCUT2D eigenvalue weighted by Gasteiger charge is 2.79. The Hall–Kier alpha value is -1.11. The summed E-state index contributed by atoms with van der Waals surface area (Å²) in [5.74, 6) is 0.300. The monoisotopic (exact) mass is 304 g/mol. The summed E-state index contributed by atoms with van der Waals surface area (Å²) in [5.41, 5.74) is 3.58. The number of rotatable bonds is 2. The predicted molar refractivity (Wildman–Crippen MR) is 98.5 cm³/mol. The molecule has 1 saturated carbocycles. The van der Waals surface area contributed by atoms with E-state index in [1.54, 1.807) is 6.92 Å². The van der Waals surface area contributed by atoms with Crippen molar-refractivity contribution in [2.24, 2.45) is 10.8 Å². The Morgan fingerprint density at radius 2 is 1.18 bits per heavy atom. The average molecular weight is 305 g/mol. The van der Waals surface area contributed by atoms with Gasteiger partial charge in [-0.15, -0.1) is 0 Å².